The van der Waals surface area contributed by atoms with E-state index >= 15 is 0 Å². The molecule has 0 saturated carbocycles. The Morgan fingerprint density at radius 1 is 1.23 bits per heavy atom. The number of rotatable bonds is 4. The summed E-state index contributed by atoms with van der Waals surface area (Å²) in [6, 6.07) is 8.24. The van der Waals surface area contributed by atoms with Crippen LogP contribution in [-0.2, 0) is 0 Å². The quantitative estimate of drug-likeness (QED) is 0.934. The fraction of sp³-hybridized carbons (Fsp3) is 0.438. The summed E-state index contributed by atoms with van der Waals surface area (Å²) in [6.45, 7) is 3.91. The van der Waals surface area contributed by atoms with Crippen LogP contribution in [0.3, 0.4) is 0 Å². The maximum absolute atomic E-state index is 5.19. The van der Waals surface area contributed by atoms with Gasteiger partial charge in [-0.2, -0.15) is 4.98 Å². The molecular weight excluding hydrogens is 278 g/mol. The largest absolute Gasteiger partial charge is 0.481 e. The summed E-state index contributed by atoms with van der Waals surface area (Å²) in [5.41, 5.74) is 0.903. The van der Waals surface area contributed by atoms with Crippen LogP contribution >= 0.6 is 0 Å². The van der Waals surface area contributed by atoms with E-state index in [-0.39, 0.29) is 0 Å². The van der Waals surface area contributed by atoms with E-state index in [4.69, 9.17) is 4.74 Å². The van der Waals surface area contributed by atoms with Crippen molar-refractivity contribution in [1.29, 1.82) is 0 Å². The molecule has 1 saturated heterocycles. The molecule has 0 aromatic carbocycles. The summed E-state index contributed by atoms with van der Waals surface area (Å²) in [5, 5.41) is 3.42. The van der Waals surface area contributed by atoms with Crippen molar-refractivity contribution < 1.29 is 4.74 Å². The van der Waals surface area contributed by atoms with E-state index in [0.717, 1.165) is 37.4 Å². The van der Waals surface area contributed by atoms with Crippen LogP contribution in [-0.4, -0.2) is 41.2 Å². The van der Waals surface area contributed by atoms with Gasteiger partial charge in [0, 0.05) is 37.1 Å². The van der Waals surface area contributed by atoms with Gasteiger partial charge >= 0.3 is 0 Å². The Balaban J connectivity index is 1.59. The third-order valence-corrected chi connectivity index (χ3v) is 3.84. The molecule has 22 heavy (non-hydrogen) atoms. The molecule has 1 N–H and O–H groups in total. The Hall–Kier alpha value is -2.37. The molecule has 1 fully saturated rings. The van der Waals surface area contributed by atoms with Gasteiger partial charge in [-0.05, 0) is 31.9 Å². The second kappa shape index (κ2) is 6.60. The second-order valence-corrected chi connectivity index (χ2v) is 5.47. The van der Waals surface area contributed by atoms with E-state index in [1.165, 1.54) is 0 Å². The standard InChI is InChI=1S/C16H21N5O/c1-12-11-15(22-2)20-16(18-12)19-13-6-9-21(10-7-13)14-5-3-4-8-17-14/h3-5,8,11,13H,6-7,9-10H2,1-2H3,(H,18,19,20). The molecular formula is C16H21N5O. The van der Waals surface area contributed by atoms with Crippen LogP contribution in [0.5, 0.6) is 5.88 Å². The van der Waals surface area contributed by atoms with Crippen LogP contribution in [0.15, 0.2) is 30.5 Å². The van der Waals surface area contributed by atoms with Crippen LogP contribution in [0.25, 0.3) is 0 Å². The highest BCUT2D eigenvalue weighted by Gasteiger charge is 2.20. The Kier molecular flexibility index (Phi) is 4.37. The highest BCUT2D eigenvalue weighted by atomic mass is 16.5. The van der Waals surface area contributed by atoms with E-state index in [2.05, 4.69) is 31.2 Å². The Morgan fingerprint density at radius 3 is 2.73 bits per heavy atom. The molecule has 116 valence electrons. The Labute approximate surface area is 130 Å². The van der Waals surface area contributed by atoms with Crippen LogP contribution in [0.2, 0.25) is 0 Å². The summed E-state index contributed by atoms with van der Waals surface area (Å²) >= 11 is 0. The summed E-state index contributed by atoms with van der Waals surface area (Å²) in [7, 11) is 1.62. The molecule has 0 amide bonds. The molecule has 6 heteroatoms. The van der Waals surface area contributed by atoms with Gasteiger partial charge in [0.15, 0.2) is 0 Å². The summed E-state index contributed by atoms with van der Waals surface area (Å²) in [4.78, 5) is 15.5. The fourth-order valence-corrected chi connectivity index (χ4v) is 2.69. The normalized spacial score (nSPS) is 15.6. The molecule has 0 aliphatic carbocycles. The molecule has 1 aliphatic heterocycles. The van der Waals surface area contributed by atoms with Gasteiger partial charge in [0.05, 0.1) is 7.11 Å². The maximum atomic E-state index is 5.19. The lowest BCUT2D eigenvalue weighted by molar-refractivity contribution is 0.396. The number of aromatic nitrogens is 3. The molecule has 0 atom stereocenters. The number of pyridine rings is 1. The molecule has 3 rings (SSSR count). The van der Waals surface area contributed by atoms with Crippen molar-refractivity contribution in [1.82, 2.24) is 15.0 Å². The number of nitrogens with one attached hydrogen (secondary N) is 1. The molecule has 6 nitrogen and oxygen atoms in total. The molecule has 0 unspecified atom stereocenters. The van der Waals surface area contributed by atoms with Crippen molar-refractivity contribution in [3.05, 3.63) is 36.2 Å². The number of nitrogens with zero attached hydrogens (tertiary/aromatic N) is 4. The number of methoxy groups -OCH3 is 1. The van der Waals surface area contributed by atoms with Crippen molar-refractivity contribution in [2.75, 3.05) is 30.4 Å². The lowest BCUT2D eigenvalue weighted by Gasteiger charge is -2.33. The van der Waals surface area contributed by atoms with E-state index in [1.807, 2.05) is 31.3 Å². The molecule has 0 bridgehead atoms. The average Bonchev–Trinajstić information content (AvgIpc) is 2.56. The van der Waals surface area contributed by atoms with Crippen LogP contribution in [0.1, 0.15) is 18.5 Å². The monoisotopic (exact) mass is 299 g/mol. The molecule has 3 heterocycles. The van der Waals surface area contributed by atoms with E-state index in [1.54, 1.807) is 7.11 Å². The minimum absolute atomic E-state index is 0.381. The fourth-order valence-electron chi connectivity index (χ4n) is 2.69. The molecule has 2 aromatic rings. The number of anilines is 2. The highest BCUT2D eigenvalue weighted by molar-refractivity contribution is 5.39. The predicted molar refractivity (Wildman–Crippen MR) is 86.4 cm³/mol. The summed E-state index contributed by atoms with van der Waals surface area (Å²) in [5.74, 6) is 2.29. The molecule has 0 spiro atoms. The first-order chi connectivity index (χ1) is 10.7. The van der Waals surface area contributed by atoms with Gasteiger partial charge in [-0.3, -0.25) is 0 Å². The van der Waals surface area contributed by atoms with Crippen molar-refractivity contribution in [2.24, 2.45) is 0 Å². The SMILES string of the molecule is COc1cc(C)nc(NC2CCN(c3ccccn3)CC2)n1. The van der Waals surface area contributed by atoms with Gasteiger partial charge in [0.1, 0.15) is 5.82 Å². The Morgan fingerprint density at radius 2 is 2.05 bits per heavy atom. The zero-order valence-electron chi connectivity index (χ0n) is 13.0. The number of hydrogen-bond donors (Lipinski definition) is 1. The third-order valence-electron chi connectivity index (χ3n) is 3.84. The molecule has 1 aliphatic rings. The predicted octanol–water partition coefficient (Wildman–Crippen LogP) is 2.27. The summed E-state index contributed by atoms with van der Waals surface area (Å²) < 4.78 is 5.19. The highest BCUT2D eigenvalue weighted by Crippen LogP contribution is 2.20. The molecule has 2 aromatic heterocycles. The van der Waals surface area contributed by atoms with E-state index in [0.29, 0.717) is 17.9 Å². The smallest absolute Gasteiger partial charge is 0.226 e. The van der Waals surface area contributed by atoms with Crippen molar-refractivity contribution >= 4 is 11.8 Å². The van der Waals surface area contributed by atoms with Gasteiger partial charge in [0.25, 0.3) is 0 Å². The average molecular weight is 299 g/mol. The van der Waals surface area contributed by atoms with E-state index in [9.17, 15) is 0 Å². The Bertz CT molecular complexity index is 611. The zero-order chi connectivity index (χ0) is 15.4. The number of ether oxygens (including phenoxy) is 1. The van der Waals surface area contributed by atoms with Gasteiger partial charge in [0.2, 0.25) is 11.8 Å². The first-order valence-electron chi connectivity index (χ1n) is 7.57. The lowest BCUT2D eigenvalue weighted by Crippen LogP contribution is -2.39. The first-order valence-corrected chi connectivity index (χ1v) is 7.57. The van der Waals surface area contributed by atoms with Crippen molar-refractivity contribution in [2.45, 2.75) is 25.8 Å². The second-order valence-electron chi connectivity index (χ2n) is 5.47. The number of piperidine rings is 1. The number of aryl methyl sites for hydroxylation is 1. The van der Waals surface area contributed by atoms with Gasteiger partial charge in [-0.15, -0.1) is 0 Å². The van der Waals surface area contributed by atoms with Crippen molar-refractivity contribution in [3.63, 3.8) is 0 Å². The van der Waals surface area contributed by atoms with Gasteiger partial charge in [-0.25, -0.2) is 9.97 Å². The first kappa shape index (κ1) is 14.6. The third kappa shape index (κ3) is 3.44. The minimum atomic E-state index is 0.381. The molecule has 0 radical (unpaired) electrons. The minimum Gasteiger partial charge on any atom is -0.481 e. The van der Waals surface area contributed by atoms with Crippen LogP contribution in [0.4, 0.5) is 11.8 Å². The summed E-state index contributed by atoms with van der Waals surface area (Å²) in [6.07, 6.45) is 3.92. The zero-order valence-corrected chi connectivity index (χ0v) is 13.0. The van der Waals surface area contributed by atoms with Gasteiger partial charge < -0.3 is 15.0 Å². The van der Waals surface area contributed by atoms with Crippen molar-refractivity contribution in [3.8, 4) is 5.88 Å². The van der Waals surface area contributed by atoms with E-state index < -0.39 is 0 Å². The lowest BCUT2D eigenvalue weighted by atomic mass is 10.1. The topological polar surface area (TPSA) is 63.2 Å². The van der Waals surface area contributed by atoms with Crippen LogP contribution in [0, 0.1) is 6.92 Å². The van der Waals surface area contributed by atoms with Gasteiger partial charge in [-0.1, -0.05) is 6.07 Å². The number of hydrogen-bond acceptors (Lipinski definition) is 6. The van der Waals surface area contributed by atoms with Crippen LogP contribution < -0.4 is 15.0 Å². The maximum Gasteiger partial charge on any atom is 0.226 e.